The van der Waals surface area contributed by atoms with Gasteiger partial charge >= 0.3 is 0 Å². The van der Waals surface area contributed by atoms with Crippen molar-refractivity contribution in [2.75, 3.05) is 32.8 Å². The third-order valence-corrected chi connectivity index (χ3v) is 4.52. The molecule has 1 aromatic carbocycles. The fraction of sp³-hybridized carbons (Fsp3) is 0.562. The van der Waals surface area contributed by atoms with Gasteiger partial charge in [-0.1, -0.05) is 12.1 Å². The molecule has 0 radical (unpaired) electrons. The molecule has 0 bridgehead atoms. The fourth-order valence-corrected chi connectivity index (χ4v) is 3.37. The summed E-state index contributed by atoms with van der Waals surface area (Å²) in [5, 5.41) is 0. The molecule has 1 atom stereocenters. The number of imidazole rings is 1. The Labute approximate surface area is 119 Å². The van der Waals surface area contributed by atoms with Gasteiger partial charge in [0.15, 0.2) is 0 Å². The van der Waals surface area contributed by atoms with Gasteiger partial charge in [0, 0.05) is 32.2 Å². The Kier molecular flexibility index (Phi) is 3.20. The van der Waals surface area contributed by atoms with E-state index in [1.165, 1.54) is 19.4 Å². The van der Waals surface area contributed by atoms with E-state index < -0.39 is 0 Å². The van der Waals surface area contributed by atoms with Crippen molar-refractivity contribution in [1.29, 1.82) is 0 Å². The van der Waals surface area contributed by atoms with Crippen LogP contribution >= 0.6 is 0 Å². The summed E-state index contributed by atoms with van der Waals surface area (Å²) in [6, 6.07) is 8.27. The molecule has 2 aromatic rings. The number of benzene rings is 1. The van der Waals surface area contributed by atoms with Gasteiger partial charge in [-0.2, -0.15) is 0 Å². The van der Waals surface area contributed by atoms with Crippen LogP contribution in [0.2, 0.25) is 0 Å². The molecule has 4 rings (SSSR count). The molecule has 2 aliphatic heterocycles. The van der Waals surface area contributed by atoms with E-state index in [2.05, 4.69) is 28.1 Å². The number of nitrogens with zero attached hydrogens (tertiary/aromatic N) is 2. The number of hydrogen-bond acceptors (Lipinski definition) is 3. The van der Waals surface area contributed by atoms with Crippen LogP contribution in [0.5, 0.6) is 0 Å². The Morgan fingerprint density at radius 1 is 1.30 bits per heavy atom. The number of para-hydroxylation sites is 2. The lowest BCUT2D eigenvalue weighted by Crippen LogP contribution is -2.48. The highest BCUT2D eigenvalue weighted by Gasteiger charge is 2.32. The summed E-state index contributed by atoms with van der Waals surface area (Å²) in [5.74, 6) is 2.47. The highest BCUT2D eigenvalue weighted by Crippen LogP contribution is 2.28. The van der Waals surface area contributed by atoms with Crippen LogP contribution < -0.4 is 0 Å². The second-order valence-electron chi connectivity index (χ2n) is 6.14. The summed E-state index contributed by atoms with van der Waals surface area (Å²) in [6.45, 7) is 5.37. The molecule has 0 amide bonds. The van der Waals surface area contributed by atoms with E-state index >= 15 is 0 Å². The molecule has 1 unspecified atom stereocenters. The van der Waals surface area contributed by atoms with E-state index in [4.69, 9.17) is 9.72 Å². The summed E-state index contributed by atoms with van der Waals surface area (Å²) >= 11 is 0. The summed E-state index contributed by atoms with van der Waals surface area (Å²) in [5.41, 5.74) is 2.24. The number of fused-ring (bicyclic) bond motifs is 1. The van der Waals surface area contributed by atoms with Gasteiger partial charge in [0.25, 0.3) is 0 Å². The van der Waals surface area contributed by atoms with Gasteiger partial charge in [-0.05, 0) is 30.9 Å². The summed E-state index contributed by atoms with van der Waals surface area (Å²) in [7, 11) is 0. The third-order valence-electron chi connectivity index (χ3n) is 4.52. The lowest BCUT2D eigenvalue weighted by atomic mass is 9.95. The highest BCUT2D eigenvalue weighted by atomic mass is 16.5. The maximum absolute atomic E-state index is 5.56. The van der Waals surface area contributed by atoms with Crippen molar-refractivity contribution >= 4 is 11.0 Å². The number of aromatic amines is 1. The van der Waals surface area contributed by atoms with Gasteiger partial charge in [0.05, 0.1) is 17.6 Å². The van der Waals surface area contributed by atoms with Gasteiger partial charge in [0.1, 0.15) is 5.82 Å². The number of ether oxygens (including phenoxy) is 1. The number of likely N-dealkylation sites (tertiary alicyclic amines) is 1. The first-order valence-corrected chi connectivity index (χ1v) is 7.63. The van der Waals surface area contributed by atoms with E-state index in [0.29, 0.717) is 5.92 Å². The van der Waals surface area contributed by atoms with Gasteiger partial charge in [-0.3, -0.25) is 0 Å². The van der Waals surface area contributed by atoms with E-state index in [-0.39, 0.29) is 0 Å². The average molecular weight is 271 g/mol. The lowest BCUT2D eigenvalue weighted by molar-refractivity contribution is 0.0222. The first-order valence-electron chi connectivity index (χ1n) is 7.63. The lowest BCUT2D eigenvalue weighted by Gasteiger charge is -2.40. The Morgan fingerprint density at radius 3 is 3.00 bits per heavy atom. The molecule has 0 aliphatic carbocycles. The van der Waals surface area contributed by atoms with E-state index in [0.717, 1.165) is 49.1 Å². The quantitative estimate of drug-likeness (QED) is 0.932. The Morgan fingerprint density at radius 2 is 2.20 bits per heavy atom. The molecule has 106 valence electrons. The third kappa shape index (κ3) is 2.34. The molecular formula is C16H21N3O. The molecule has 2 saturated heterocycles. The molecule has 0 saturated carbocycles. The predicted molar refractivity (Wildman–Crippen MR) is 78.8 cm³/mol. The maximum atomic E-state index is 5.56. The van der Waals surface area contributed by atoms with Crippen molar-refractivity contribution in [3.8, 4) is 0 Å². The zero-order chi connectivity index (χ0) is 13.4. The number of H-pyrrole nitrogens is 1. The fourth-order valence-electron chi connectivity index (χ4n) is 3.37. The van der Waals surface area contributed by atoms with Gasteiger partial charge < -0.3 is 14.6 Å². The van der Waals surface area contributed by atoms with Crippen LogP contribution in [0.1, 0.15) is 24.6 Å². The van der Waals surface area contributed by atoms with Crippen LogP contribution in [0.15, 0.2) is 24.3 Å². The topological polar surface area (TPSA) is 41.2 Å². The number of nitrogens with one attached hydrogen (secondary N) is 1. The van der Waals surface area contributed by atoms with Crippen molar-refractivity contribution < 1.29 is 4.74 Å². The average Bonchev–Trinajstić information content (AvgIpc) is 2.86. The van der Waals surface area contributed by atoms with Crippen LogP contribution in [0.25, 0.3) is 11.0 Å². The molecular weight excluding hydrogens is 250 g/mol. The van der Waals surface area contributed by atoms with E-state index in [1.807, 2.05) is 6.07 Å². The summed E-state index contributed by atoms with van der Waals surface area (Å²) in [6.07, 6.45) is 2.55. The SMILES string of the molecule is c1ccc2[nH]c(C3CN(CC4CCCOC4)C3)nc2c1. The molecule has 2 fully saturated rings. The van der Waals surface area contributed by atoms with E-state index in [9.17, 15) is 0 Å². The smallest absolute Gasteiger partial charge is 0.112 e. The summed E-state index contributed by atoms with van der Waals surface area (Å²) < 4.78 is 5.56. The van der Waals surface area contributed by atoms with Gasteiger partial charge in [-0.25, -0.2) is 4.98 Å². The largest absolute Gasteiger partial charge is 0.381 e. The molecule has 2 aliphatic rings. The van der Waals surface area contributed by atoms with Crippen LogP contribution in [0.4, 0.5) is 0 Å². The number of hydrogen-bond donors (Lipinski definition) is 1. The van der Waals surface area contributed by atoms with Crippen molar-refractivity contribution in [1.82, 2.24) is 14.9 Å². The Bertz CT molecular complexity index is 549. The molecule has 1 aromatic heterocycles. The predicted octanol–water partition coefficient (Wildman–Crippen LogP) is 2.39. The first kappa shape index (κ1) is 12.4. The van der Waals surface area contributed by atoms with Crippen LogP contribution in [0, 0.1) is 5.92 Å². The van der Waals surface area contributed by atoms with Gasteiger partial charge in [-0.15, -0.1) is 0 Å². The van der Waals surface area contributed by atoms with Crippen molar-refractivity contribution in [2.45, 2.75) is 18.8 Å². The van der Waals surface area contributed by atoms with Gasteiger partial charge in [0.2, 0.25) is 0 Å². The zero-order valence-electron chi connectivity index (χ0n) is 11.7. The second kappa shape index (κ2) is 5.19. The highest BCUT2D eigenvalue weighted by molar-refractivity contribution is 5.74. The zero-order valence-corrected chi connectivity index (χ0v) is 11.7. The minimum Gasteiger partial charge on any atom is -0.381 e. The van der Waals surface area contributed by atoms with Crippen molar-refractivity contribution in [3.63, 3.8) is 0 Å². The number of aromatic nitrogens is 2. The van der Waals surface area contributed by atoms with Crippen molar-refractivity contribution in [3.05, 3.63) is 30.1 Å². The molecule has 0 spiro atoms. The normalized spacial score (nSPS) is 24.9. The van der Waals surface area contributed by atoms with Crippen LogP contribution in [-0.4, -0.2) is 47.7 Å². The molecule has 4 heteroatoms. The number of rotatable bonds is 3. The van der Waals surface area contributed by atoms with Crippen LogP contribution in [-0.2, 0) is 4.74 Å². The minimum atomic E-state index is 0.576. The monoisotopic (exact) mass is 271 g/mol. The minimum absolute atomic E-state index is 0.576. The molecule has 3 heterocycles. The summed E-state index contributed by atoms with van der Waals surface area (Å²) in [4.78, 5) is 10.7. The van der Waals surface area contributed by atoms with Crippen molar-refractivity contribution in [2.24, 2.45) is 5.92 Å². The maximum Gasteiger partial charge on any atom is 0.112 e. The standard InChI is InChI=1S/C16H21N3O/c1-2-6-15-14(5-1)17-16(18-15)13-9-19(10-13)8-12-4-3-7-20-11-12/h1-2,5-6,12-13H,3-4,7-11H2,(H,17,18). The van der Waals surface area contributed by atoms with E-state index in [1.54, 1.807) is 0 Å². The Balaban J connectivity index is 1.36. The van der Waals surface area contributed by atoms with Crippen LogP contribution in [0.3, 0.4) is 0 Å². The molecule has 1 N–H and O–H groups in total. The Hall–Kier alpha value is -1.39. The molecule has 20 heavy (non-hydrogen) atoms. The first-order chi connectivity index (χ1) is 9.88. The molecule has 4 nitrogen and oxygen atoms in total. The second-order valence-corrected chi connectivity index (χ2v) is 6.14.